The zero-order valence-corrected chi connectivity index (χ0v) is 14.4. The van der Waals surface area contributed by atoms with E-state index in [0.29, 0.717) is 16.8 Å². The van der Waals surface area contributed by atoms with Crippen molar-refractivity contribution in [3.63, 3.8) is 0 Å². The molecule has 0 fully saturated rings. The van der Waals surface area contributed by atoms with E-state index in [1.165, 1.54) is 36.4 Å². The van der Waals surface area contributed by atoms with Gasteiger partial charge in [0.15, 0.2) is 16.8 Å². The number of benzene rings is 2. The van der Waals surface area contributed by atoms with E-state index in [1.807, 2.05) is 0 Å². The number of non-ortho nitro benzene ring substituents is 1. The minimum Gasteiger partial charge on any atom is -0.298 e. The fraction of sp³-hybridized carbons (Fsp3) is 0. The summed E-state index contributed by atoms with van der Waals surface area (Å²) in [6.07, 6.45) is 2.66. The van der Waals surface area contributed by atoms with Gasteiger partial charge in [0, 0.05) is 29.2 Å². The number of hydrogen-bond acceptors (Lipinski definition) is 5. The molecule has 1 amide bonds. The fourth-order valence-corrected chi connectivity index (χ4v) is 2.90. The van der Waals surface area contributed by atoms with Crippen molar-refractivity contribution in [2.75, 3.05) is 5.32 Å². The predicted molar refractivity (Wildman–Crippen MR) is 98.2 cm³/mol. The number of carbonyl (C=O) groups excluding carboxylic acids is 1. The second-order valence-corrected chi connectivity index (χ2v) is 6.20. The van der Waals surface area contributed by atoms with E-state index in [-0.39, 0.29) is 10.8 Å². The summed E-state index contributed by atoms with van der Waals surface area (Å²) in [5, 5.41) is 15.2. The molecule has 1 heterocycles. The Labute approximate surface area is 156 Å². The Balaban J connectivity index is 1.68. The molecule has 0 unspecified atom stereocenters. The van der Waals surface area contributed by atoms with Crippen molar-refractivity contribution in [1.29, 1.82) is 0 Å². The SMILES string of the molecule is O=C(C=Cc1cccc([N+](=O)[O-])c1)Nc1nc(-c2ccc(F)c(F)c2)cs1. The Kier molecular flexibility index (Phi) is 5.32. The van der Waals surface area contributed by atoms with Crippen LogP contribution in [0.15, 0.2) is 53.9 Å². The molecule has 3 rings (SSSR count). The molecule has 6 nitrogen and oxygen atoms in total. The smallest absolute Gasteiger partial charge is 0.270 e. The predicted octanol–water partition coefficient (Wildman–Crippen LogP) is 4.65. The summed E-state index contributed by atoms with van der Waals surface area (Å²) in [5.41, 5.74) is 1.21. The highest BCUT2D eigenvalue weighted by Gasteiger charge is 2.09. The zero-order valence-electron chi connectivity index (χ0n) is 13.6. The number of nitrogens with one attached hydrogen (secondary N) is 1. The van der Waals surface area contributed by atoms with Crippen molar-refractivity contribution in [1.82, 2.24) is 4.98 Å². The first-order valence-corrected chi connectivity index (χ1v) is 8.45. The van der Waals surface area contributed by atoms with Crippen molar-refractivity contribution in [2.45, 2.75) is 0 Å². The number of carbonyl (C=O) groups is 1. The van der Waals surface area contributed by atoms with Gasteiger partial charge in [0.1, 0.15) is 0 Å². The normalized spacial score (nSPS) is 10.9. The molecule has 1 N–H and O–H groups in total. The number of anilines is 1. The number of aromatic nitrogens is 1. The number of nitro groups is 1. The summed E-state index contributed by atoms with van der Waals surface area (Å²) in [6, 6.07) is 9.26. The Morgan fingerprint density at radius 2 is 2.00 bits per heavy atom. The van der Waals surface area contributed by atoms with Crippen LogP contribution in [0, 0.1) is 21.7 Å². The summed E-state index contributed by atoms with van der Waals surface area (Å²) in [5.74, 6) is -2.41. The first kappa shape index (κ1) is 18.3. The Hall–Kier alpha value is -3.46. The maximum atomic E-state index is 13.3. The van der Waals surface area contributed by atoms with Crippen LogP contribution in [0.3, 0.4) is 0 Å². The number of halogens is 2. The lowest BCUT2D eigenvalue weighted by molar-refractivity contribution is -0.384. The van der Waals surface area contributed by atoms with E-state index in [0.717, 1.165) is 23.5 Å². The van der Waals surface area contributed by atoms with Gasteiger partial charge in [-0.3, -0.25) is 20.2 Å². The summed E-state index contributed by atoms with van der Waals surface area (Å²) in [6.45, 7) is 0. The van der Waals surface area contributed by atoms with Gasteiger partial charge in [-0.15, -0.1) is 11.3 Å². The van der Waals surface area contributed by atoms with Gasteiger partial charge in [-0.25, -0.2) is 13.8 Å². The van der Waals surface area contributed by atoms with E-state index in [2.05, 4.69) is 10.3 Å². The molecule has 0 spiro atoms. The molecule has 2 aromatic carbocycles. The van der Waals surface area contributed by atoms with Gasteiger partial charge in [-0.1, -0.05) is 12.1 Å². The molecule has 0 saturated carbocycles. The largest absolute Gasteiger partial charge is 0.298 e. The molecule has 9 heteroatoms. The summed E-state index contributed by atoms with van der Waals surface area (Å²) >= 11 is 1.13. The first-order chi connectivity index (χ1) is 12.9. The maximum absolute atomic E-state index is 13.3. The van der Waals surface area contributed by atoms with Gasteiger partial charge in [0.2, 0.25) is 5.91 Å². The molecule has 0 aliphatic heterocycles. The van der Waals surface area contributed by atoms with Gasteiger partial charge in [-0.05, 0) is 29.8 Å². The van der Waals surface area contributed by atoms with E-state index in [9.17, 15) is 23.7 Å². The molecule has 0 bridgehead atoms. The number of hydrogen-bond donors (Lipinski definition) is 1. The number of thiazole rings is 1. The van der Waals surface area contributed by atoms with E-state index in [1.54, 1.807) is 11.4 Å². The Bertz CT molecular complexity index is 1050. The summed E-state index contributed by atoms with van der Waals surface area (Å²) < 4.78 is 26.3. The van der Waals surface area contributed by atoms with Crippen LogP contribution in [-0.2, 0) is 4.79 Å². The second kappa shape index (κ2) is 7.83. The Morgan fingerprint density at radius 1 is 1.19 bits per heavy atom. The standard InChI is InChI=1S/C18H11F2N3O3S/c19-14-6-5-12(9-15(14)20)16-10-27-18(21-16)22-17(24)7-4-11-2-1-3-13(8-11)23(25)26/h1-10H,(H,21,22,24). The number of rotatable bonds is 5. The minimum atomic E-state index is -0.981. The van der Waals surface area contributed by atoms with E-state index < -0.39 is 22.5 Å². The lowest BCUT2D eigenvalue weighted by atomic mass is 10.2. The average Bonchev–Trinajstić information content (AvgIpc) is 3.11. The molecule has 0 radical (unpaired) electrons. The fourth-order valence-electron chi connectivity index (χ4n) is 2.18. The minimum absolute atomic E-state index is 0.0753. The third kappa shape index (κ3) is 4.59. The molecule has 27 heavy (non-hydrogen) atoms. The number of nitrogens with zero attached hydrogens (tertiary/aromatic N) is 2. The molecule has 136 valence electrons. The molecule has 0 aliphatic rings. The summed E-state index contributed by atoms with van der Waals surface area (Å²) in [7, 11) is 0. The molecule has 0 aliphatic carbocycles. The molecular weight excluding hydrogens is 376 g/mol. The molecule has 0 atom stereocenters. The van der Waals surface area contributed by atoms with Gasteiger partial charge in [-0.2, -0.15) is 0 Å². The van der Waals surface area contributed by atoms with Crippen LogP contribution in [0.5, 0.6) is 0 Å². The average molecular weight is 387 g/mol. The van der Waals surface area contributed by atoms with Crippen molar-refractivity contribution in [2.24, 2.45) is 0 Å². The van der Waals surface area contributed by atoms with Crippen LogP contribution in [0.4, 0.5) is 19.6 Å². The van der Waals surface area contributed by atoms with Crippen LogP contribution in [0.2, 0.25) is 0 Å². The van der Waals surface area contributed by atoms with E-state index >= 15 is 0 Å². The third-order valence-electron chi connectivity index (χ3n) is 3.46. The van der Waals surface area contributed by atoms with Crippen LogP contribution in [0.1, 0.15) is 5.56 Å². The lowest BCUT2D eigenvalue weighted by Gasteiger charge is -1.99. The van der Waals surface area contributed by atoms with Crippen molar-refractivity contribution >= 4 is 34.1 Å². The van der Waals surface area contributed by atoms with Gasteiger partial charge < -0.3 is 0 Å². The first-order valence-electron chi connectivity index (χ1n) is 7.57. The maximum Gasteiger partial charge on any atom is 0.270 e. The van der Waals surface area contributed by atoms with Crippen molar-refractivity contribution in [3.05, 3.63) is 81.2 Å². The van der Waals surface area contributed by atoms with Crippen molar-refractivity contribution < 1.29 is 18.5 Å². The van der Waals surface area contributed by atoms with Crippen LogP contribution in [-0.4, -0.2) is 15.8 Å². The van der Waals surface area contributed by atoms with Gasteiger partial charge >= 0.3 is 0 Å². The lowest BCUT2D eigenvalue weighted by Crippen LogP contribution is -2.07. The highest BCUT2D eigenvalue weighted by Crippen LogP contribution is 2.26. The number of amides is 1. The van der Waals surface area contributed by atoms with Crippen LogP contribution in [0.25, 0.3) is 17.3 Å². The molecule has 1 aromatic heterocycles. The Morgan fingerprint density at radius 3 is 2.74 bits per heavy atom. The molecular formula is C18H11F2N3O3S. The topological polar surface area (TPSA) is 85.1 Å². The van der Waals surface area contributed by atoms with Crippen LogP contribution < -0.4 is 5.32 Å². The quantitative estimate of drug-likeness (QED) is 0.392. The number of nitro benzene ring substituents is 1. The monoisotopic (exact) mass is 387 g/mol. The second-order valence-electron chi connectivity index (χ2n) is 5.34. The molecule has 0 saturated heterocycles. The summed E-state index contributed by atoms with van der Waals surface area (Å²) in [4.78, 5) is 26.4. The van der Waals surface area contributed by atoms with E-state index in [4.69, 9.17) is 0 Å². The molecule has 3 aromatic rings. The highest BCUT2D eigenvalue weighted by molar-refractivity contribution is 7.14. The zero-order chi connectivity index (χ0) is 19.4. The third-order valence-corrected chi connectivity index (χ3v) is 4.22. The highest BCUT2D eigenvalue weighted by atomic mass is 32.1. The van der Waals surface area contributed by atoms with Crippen LogP contribution >= 0.6 is 11.3 Å². The van der Waals surface area contributed by atoms with Gasteiger partial charge in [0.25, 0.3) is 5.69 Å². The van der Waals surface area contributed by atoms with Gasteiger partial charge in [0.05, 0.1) is 10.6 Å². The van der Waals surface area contributed by atoms with Crippen molar-refractivity contribution in [3.8, 4) is 11.3 Å².